The lowest BCUT2D eigenvalue weighted by atomic mass is 9.81. The molecule has 2 atom stereocenters. The number of benzene rings is 2. The smallest absolute Gasteiger partial charge is 0.259 e. The van der Waals surface area contributed by atoms with Crippen LogP contribution in [0.3, 0.4) is 0 Å². The Morgan fingerprint density at radius 3 is 2.39 bits per heavy atom. The molecule has 0 spiro atoms. The average molecular weight is 474 g/mol. The molecule has 0 fully saturated rings. The highest BCUT2D eigenvalue weighted by Gasteiger charge is 2.50. The van der Waals surface area contributed by atoms with Crippen molar-refractivity contribution in [1.82, 2.24) is 10.9 Å². The fraction of sp³-hybridized carbons (Fsp3) is 0.333. The molecule has 0 saturated carbocycles. The molecule has 0 radical (unpaired) electrons. The van der Waals surface area contributed by atoms with Crippen LogP contribution in [0.25, 0.3) is 6.08 Å². The molecule has 0 heterocycles. The average Bonchev–Trinajstić information content (AvgIpc) is 2.79. The van der Waals surface area contributed by atoms with Crippen molar-refractivity contribution in [2.45, 2.75) is 43.8 Å². The van der Waals surface area contributed by atoms with Gasteiger partial charge in [0.15, 0.2) is 14.6 Å². The van der Waals surface area contributed by atoms with E-state index in [-0.39, 0.29) is 18.4 Å². The molecule has 2 rings (SSSR count). The molecule has 0 bridgehead atoms. The van der Waals surface area contributed by atoms with Crippen molar-refractivity contribution in [2.24, 2.45) is 5.84 Å². The van der Waals surface area contributed by atoms with E-state index in [9.17, 15) is 23.2 Å². The van der Waals surface area contributed by atoms with Gasteiger partial charge in [0.1, 0.15) is 0 Å². The zero-order valence-corrected chi connectivity index (χ0v) is 19.9. The predicted octanol–water partition coefficient (Wildman–Crippen LogP) is 2.72. The van der Waals surface area contributed by atoms with Crippen molar-refractivity contribution in [1.29, 1.82) is 0 Å². The molecule has 8 nitrogen and oxygen atoms in total. The van der Waals surface area contributed by atoms with Crippen molar-refractivity contribution >= 4 is 27.7 Å². The summed E-state index contributed by atoms with van der Waals surface area (Å²) in [6, 6.07) is 14.4. The highest BCUT2D eigenvalue weighted by atomic mass is 32.2. The fourth-order valence-electron chi connectivity index (χ4n) is 4.09. The first-order chi connectivity index (χ1) is 15.6. The van der Waals surface area contributed by atoms with Gasteiger partial charge in [-0.1, -0.05) is 79.6 Å². The van der Waals surface area contributed by atoms with Gasteiger partial charge in [-0.2, -0.15) is 0 Å². The van der Waals surface area contributed by atoms with Crippen LogP contribution in [-0.2, 0) is 24.2 Å². The number of amides is 2. The van der Waals surface area contributed by atoms with E-state index in [0.29, 0.717) is 12.0 Å². The molecule has 0 aliphatic carbocycles. The molecular weight excluding hydrogens is 442 g/mol. The van der Waals surface area contributed by atoms with Crippen LogP contribution in [0.15, 0.2) is 54.6 Å². The van der Waals surface area contributed by atoms with Crippen molar-refractivity contribution in [3.8, 4) is 0 Å². The van der Waals surface area contributed by atoms with Gasteiger partial charge in [0.2, 0.25) is 0 Å². The molecule has 178 valence electrons. The van der Waals surface area contributed by atoms with Crippen LogP contribution in [-0.4, -0.2) is 31.7 Å². The zero-order valence-electron chi connectivity index (χ0n) is 19.0. The Morgan fingerprint density at radius 1 is 1.18 bits per heavy atom. The summed E-state index contributed by atoms with van der Waals surface area (Å²) in [5.74, 6) is 2.87. The molecule has 5 N–H and O–H groups in total. The summed E-state index contributed by atoms with van der Waals surface area (Å²) < 4.78 is 24.1. The second-order valence-electron chi connectivity index (χ2n) is 7.99. The molecular formula is C24H31N3O5S. The first-order valence-corrected chi connectivity index (χ1v) is 12.5. The molecule has 0 aromatic heterocycles. The van der Waals surface area contributed by atoms with Gasteiger partial charge in [-0.15, -0.1) is 0 Å². The maximum Gasteiger partial charge on any atom is 0.259 e. The number of hydrogen-bond acceptors (Lipinski definition) is 6. The lowest BCUT2D eigenvalue weighted by Crippen LogP contribution is -2.52. The minimum Gasteiger partial charge on any atom is -0.293 e. The number of carbonyl (C=O) groups is 2. The second kappa shape index (κ2) is 11.2. The number of hydroxylamine groups is 1. The summed E-state index contributed by atoms with van der Waals surface area (Å²) in [6.07, 6.45) is 5.09. The maximum atomic E-state index is 13.1. The van der Waals surface area contributed by atoms with Gasteiger partial charge in [-0.25, -0.2) is 19.7 Å². The molecule has 0 aliphatic heterocycles. The summed E-state index contributed by atoms with van der Waals surface area (Å²) in [5.41, 5.74) is 5.87. The van der Waals surface area contributed by atoms with Gasteiger partial charge < -0.3 is 0 Å². The molecule has 0 unspecified atom stereocenters. The van der Waals surface area contributed by atoms with E-state index in [0.717, 1.165) is 17.4 Å². The molecule has 2 aromatic rings. The quantitative estimate of drug-likeness (QED) is 0.181. The van der Waals surface area contributed by atoms with Crippen molar-refractivity contribution in [3.05, 3.63) is 76.9 Å². The number of hydrazine groups is 1. The molecule has 0 saturated heterocycles. The molecule has 33 heavy (non-hydrogen) atoms. The lowest BCUT2D eigenvalue weighted by Gasteiger charge is -2.33. The number of nitrogens with one attached hydrogen (secondary N) is 2. The molecule has 2 aromatic carbocycles. The van der Waals surface area contributed by atoms with Crippen LogP contribution >= 0.6 is 0 Å². The second-order valence-corrected chi connectivity index (χ2v) is 10.2. The van der Waals surface area contributed by atoms with E-state index in [2.05, 4.69) is 0 Å². The van der Waals surface area contributed by atoms with Gasteiger partial charge in [0.05, 0.1) is 5.92 Å². The first kappa shape index (κ1) is 26.2. The Hall–Kier alpha value is -3.01. The minimum absolute atomic E-state index is 0.0295. The number of aryl methyl sites for hydroxylation is 1. The highest BCUT2D eigenvalue weighted by molar-refractivity contribution is 7.92. The number of carbonyl (C=O) groups excluding carboxylic acids is 2. The lowest BCUT2D eigenvalue weighted by molar-refractivity contribution is -0.131. The largest absolute Gasteiger partial charge is 0.293 e. The standard InChI is InChI=1S/C24H31N3O5S/c1-4-15-24(23(29)26-25,33(3,31)32)21-14-13-17(2)16-20(21)19(22(28)27-30)12-8-11-18-9-6-5-7-10-18/h5-11,13-14,16,19,30H,4,12,15,25H2,1-3H3,(H,26,29)(H,27,28)/b11-8+/t19-,24+/m0/s1. The fourth-order valence-corrected chi connectivity index (χ4v) is 5.64. The van der Waals surface area contributed by atoms with Gasteiger partial charge in [0.25, 0.3) is 11.8 Å². The summed E-state index contributed by atoms with van der Waals surface area (Å²) >= 11 is 0. The number of hydrogen-bond donors (Lipinski definition) is 4. The SMILES string of the molecule is CCC[C@](C(=O)NN)(c1ccc(C)cc1[C@H](C/C=C/c1ccccc1)C(=O)NO)S(C)(=O)=O. The van der Waals surface area contributed by atoms with Gasteiger partial charge in [-0.3, -0.25) is 20.2 Å². The molecule has 2 amide bonds. The minimum atomic E-state index is -4.02. The number of sulfone groups is 1. The Kier molecular flexibility index (Phi) is 8.92. The topological polar surface area (TPSA) is 139 Å². The van der Waals surface area contributed by atoms with E-state index < -0.39 is 32.3 Å². The normalized spacial score (nSPS) is 14.5. The Balaban J connectivity index is 2.72. The summed E-state index contributed by atoms with van der Waals surface area (Å²) in [5, 5.41) is 9.42. The van der Waals surface area contributed by atoms with E-state index in [1.54, 1.807) is 43.6 Å². The van der Waals surface area contributed by atoms with Crippen LogP contribution < -0.4 is 16.7 Å². The maximum absolute atomic E-state index is 13.1. The third kappa shape index (κ3) is 5.68. The monoisotopic (exact) mass is 473 g/mol. The Labute approximate surface area is 194 Å². The Bertz CT molecular complexity index is 1120. The third-order valence-electron chi connectivity index (χ3n) is 5.66. The van der Waals surface area contributed by atoms with Gasteiger partial charge >= 0.3 is 0 Å². The van der Waals surface area contributed by atoms with Crippen LogP contribution in [0.2, 0.25) is 0 Å². The predicted molar refractivity (Wildman–Crippen MR) is 128 cm³/mol. The van der Waals surface area contributed by atoms with Crippen molar-refractivity contribution in [3.63, 3.8) is 0 Å². The third-order valence-corrected chi connectivity index (χ3v) is 7.53. The summed E-state index contributed by atoms with van der Waals surface area (Å²) in [6.45, 7) is 3.56. The Morgan fingerprint density at radius 2 is 1.85 bits per heavy atom. The van der Waals surface area contributed by atoms with E-state index in [4.69, 9.17) is 5.84 Å². The van der Waals surface area contributed by atoms with Crippen molar-refractivity contribution < 1.29 is 23.2 Å². The van der Waals surface area contributed by atoms with E-state index in [1.165, 1.54) is 0 Å². The molecule has 0 aliphatic rings. The van der Waals surface area contributed by atoms with Gasteiger partial charge in [-0.05, 0) is 36.5 Å². The number of nitrogens with two attached hydrogens (primary N) is 1. The zero-order chi connectivity index (χ0) is 24.6. The van der Waals surface area contributed by atoms with E-state index in [1.807, 2.05) is 41.8 Å². The summed E-state index contributed by atoms with van der Waals surface area (Å²) in [7, 11) is -4.02. The first-order valence-electron chi connectivity index (χ1n) is 10.6. The van der Waals surface area contributed by atoms with Crippen LogP contribution in [0.4, 0.5) is 0 Å². The van der Waals surface area contributed by atoms with Crippen LogP contribution in [0.1, 0.15) is 54.4 Å². The van der Waals surface area contributed by atoms with E-state index >= 15 is 0 Å². The number of allylic oxidation sites excluding steroid dienone is 1. The van der Waals surface area contributed by atoms with Crippen LogP contribution in [0, 0.1) is 6.92 Å². The molecule has 9 heteroatoms. The highest BCUT2D eigenvalue weighted by Crippen LogP contribution is 2.41. The van der Waals surface area contributed by atoms with Gasteiger partial charge in [0, 0.05) is 6.26 Å². The van der Waals surface area contributed by atoms with Crippen LogP contribution in [0.5, 0.6) is 0 Å². The van der Waals surface area contributed by atoms with Crippen molar-refractivity contribution in [2.75, 3.05) is 6.26 Å². The number of rotatable bonds is 10. The summed E-state index contributed by atoms with van der Waals surface area (Å²) in [4.78, 5) is 25.7.